The molecule has 0 saturated heterocycles. The highest BCUT2D eigenvalue weighted by Crippen LogP contribution is 2.06. The van der Waals surface area contributed by atoms with Crippen molar-refractivity contribution in [1.82, 2.24) is 16.0 Å². The molecule has 124 valence electrons. The number of hydrogen-bond acceptors (Lipinski definition) is 5. The average molecular weight is 303 g/mol. The molecule has 0 aliphatic rings. The summed E-state index contributed by atoms with van der Waals surface area (Å²) in [6, 6.07) is -0.275. The first-order valence-electron chi connectivity index (χ1n) is 7.23. The van der Waals surface area contributed by atoms with Crippen molar-refractivity contribution in [2.75, 3.05) is 33.4 Å². The zero-order valence-corrected chi connectivity index (χ0v) is 13.7. The molecular formula is C14H29N3O4. The van der Waals surface area contributed by atoms with Gasteiger partial charge in [-0.15, -0.1) is 0 Å². The van der Waals surface area contributed by atoms with Gasteiger partial charge in [-0.2, -0.15) is 0 Å². The molecule has 0 bridgehead atoms. The third-order valence-corrected chi connectivity index (χ3v) is 2.47. The average Bonchev–Trinajstić information content (AvgIpc) is 2.36. The maximum atomic E-state index is 11.6. The lowest BCUT2D eigenvalue weighted by Crippen LogP contribution is -2.44. The van der Waals surface area contributed by atoms with E-state index in [1.54, 1.807) is 14.0 Å². The molecule has 0 aromatic heterocycles. The second kappa shape index (κ2) is 10.4. The van der Waals surface area contributed by atoms with Crippen LogP contribution in [0.25, 0.3) is 0 Å². The van der Waals surface area contributed by atoms with Crippen molar-refractivity contribution in [2.24, 2.45) is 0 Å². The fourth-order valence-corrected chi connectivity index (χ4v) is 1.43. The largest absolute Gasteiger partial charge is 0.444 e. The minimum absolute atomic E-state index is 0.0628. The molecule has 0 aromatic carbocycles. The highest BCUT2D eigenvalue weighted by molar-refractivity contribution is 5.81. The van der Waals surface area contributed by atoms with Crippen LogP contribution in [0.1, 0.15) is 34.1 Å². The first-order chi connectivity index (χ1) is 9.76. The van der Waals surface area contributed by atoms with Gasteiger partial charge in [0.1, 0.15) is 5.60 Å². The van der Waals surface area contributed by atoms with Crippen LogP contribution in [0, 0.1) is 0 Å². The Bertz CT molecular complexity index is 316. The van der Waals surface area contributed by atoms with Gasteiger partial charge in [-0.1, -0.05) is 0 Å². The van der Waals surface area contributed by atoms with E-state index in [0.29, 0.717) is 26.2 Å². The summed E-state index contributed by atoms with van der Waals surface area (Å²) in [6.45, 7) is 9.38. The normalized spacial score (nSPS) is 12.6. The molecule has 0 aromatic rings. The predicted octanol–water partition coefficient (Wildman–Crippen LogP) is 0.642. The highest BCUT2D eigenvalue weighted by Gasteiger charge is 2.15. The summed E-state index contributed by atoms with van der Waals surface area (Å²) in [5, 5.41) is 8.50. The molecule has 0 rings (SSSR count). The van der Waals surface area contributed by atoms with Crippen LogP contribution in [0.15, 0.2) is 0 Å². The van der Waals surface area contributed by atoms with Gasteiger partial charge in [-0.3, -0.25) is 4.79 Å². The summed E-state index contributed by atoms with van der Waals surface area (Å²) >= 11 is 0. The van der Waals surface area contributed by atoms with Crippen molar-refractivity contribution in [2.45, 2.75) is 45.8 Å². The molecule has 0 saturated carbocycles. The lowest BCUT2D eigenvalue weighted by molar-refractivity contribution is -0.122. The molecule has 21 heavy (non-hydrogen) atoms. The number of carbonyl (C=O) groups excluding carboxylic acids is 2. The van der Waals surface area contributed by atoms with Crippen LogP contribution in [0.4, 0.5) is 4.79 Å². The number of amides is 2. The Hall–Kier alpha value is -1.34. The molecule has 1 atom stereocenters. The maximum absolute atomic E-state index is 11.6. The number of carbonyl (C=O) groups is 2. The molecule has 7 heteroatoms. The van der Waals surface area contributed by atoms with Crippen molar-refractivity contribution < 1.29 is 19.1 Å². The minimum atomic E-state index is -0.489. The van der Waals surface area contributed by atoms with E-state index in [1.807, 2.05) is 20.8 Å². The van der Waals surface area contributed by atoms with E-state index in [2.05, 4.69) is 16.0 Å². The van der Waals surface area contributed by atoms with Crippen molar-refractivity contribution in [1.29, 1.82) is 0 Å². The summed E-state index contributed by atoms with van der Waals surface area (Å²) in [6.07, 6.45) is 0.294. The second-order valence-electron chi connectivity index (χ2n) is 5.74. The summed E-state index contributed by atoms with van der Waals surface area (Å²) in [4.78, 5) is 23.0. The molecule has 0 spiro atoms. The summed E-state index contributed by atoms with van der Waals surface area (Å²) in [7, 11) is 1.59. The van der Waals surface area contributed by atoms with Gasteiger partial charge < -0.3 is 25.4 Å². The molecule has 0 heterocycles. The van der Waals surface area contributed by atoms with E-state index in [4.69, 9.17) is 9.47 Å². The molecule has 3 N–H and O–H groups in total. The van der Waals surface area contributed by atoms with E-state index in [0.717, 1.165) is 6.42 Å². The Labute approximate surface area is 127 Å². The van der Waals surface area contributed by atoms with Crippen LogP contribution < -0.4 is 16.0 Å². The fourth-order valence-electron chi connectivity index (χ4n) is 1.43. The van der Waals surface area contributed by atoms with E-state index >= 15 is 0 Å². The first-order valence-corrected chi connectivity index (χ1v) is 7.23. The number of ether oxygens (including phenoxy) is 2. The smallest absolute Gasteiger partial charge is 0.407 e. The Morgan fingerprint density at radius 2 is 1.76 bits per heavy atom. The molecule has 7 nitrogen and oxygen atoms in total. The predicted molar refractivity (Wildman–Crippen MR) is 81.2 cm³/mol. The van der Waals surface area contributed by atoms with Crippen LogP contribution in [-0.4, -0.2) is 57.0 Å². The van der Waals surface area contributed by atoms with Crippen LogP contribution in [-0.2, 0) is 14.3 Å². The van der Waals surface area contributed by atoms with Crippen LogP contribution >= 0.6 is 0 Å². The lowest BCUT2D eigenvalue weighted by Gasteiger charge is -2.19. The Morgan fingerprint density at radius 1 is 1.10 bits per heavy atom. The third kappa shape index (κ3) is 12.1. The number of hydrogen-bond donors (Lipinski definition) is 3. The maximum Gasteiger partial charge on any atom is 0.407 e. The quantitative estimate of drug-likeness (QED) is 0.544. The topological polar surface area (TPSA) is 88.7 Å². The van der Waals surface area contributed by atoms with Gasteiger partial charge in [0, 0.05) is 20.2 Å². The zero-order chi connectivity index (χ0) is 16.3. The Balaban J connectivity index is 3.62. The van der Waals surface area contributed by atoms with Crippen molar-refractivity contribution in [3.8, 4) is 0 Å². The Kier molecular flexibility index (Phi) is 9.73. The molecule has 1 unspecified atom stereocenters. The summed E-state index contributed by atoms with van der Waals surface area (Å²) in [5.41, 5.74) is -0.489. The molecule has 0 aliphatic heterocycles. The van der Waals surface area contributed by atoms with E-state index in [9.17, 15) is 9.59 Å². The van der Waals surface area contributed by atoms with E-state index in [1.165, 1.54) is 0 Å². The van der Waals surface area contributed by atoms with Crippen LogP contribution in [0.3, 0.4) is 0 Å². The monoisotopic (exact) mass is 303 g/mol. The zero-order valence-electron chi connectivity index (χ0n) is 13.7. The van der Waals surface area contributed by atoms with E-state index < -0.39 is 11.7 Å². The SMILES string of the molecule is COCCNC(=O)C(C)NCCCNC(=O)OC(C)(C)C. The number of nitrogens with one attached hydrogen (secondary N) is 3. The molecule has 0 aliphatic carbocycles. The number of rotatable bonds is 9. The third-order valence-electron chi connectivity index (χ3n) is 2.47. The molecular weight excluding hydrogens is 274 g/mol. The fraction of sp³-hybridized carbons (Fsp3) is 0.857. The van der Waals surface area contributed by atoms with E-state index in [-0.39, 0.29) is 11.9 Å². The number of alkyl carbamates (subject to hydrolysis) is 1. The standard InChI is InChI=1S/C14H29N3O4/c1-11(12(18)16-9-10-20-5)15-7-6-8-17-13(19)21-14(2,3)4/h11,15H,6-10H2,1-5H3,(H,16,18)(H,17,19). The lowest BCUT2D eigenvalue weighted by atomic mass is 10.2. The second-order valence-corrected chi connectivity index (χ2v) is 5.74. The highest BCUT2D eigenvalue weighted by atomic mass is 16.6. The van der Waals surface area contributed by atoms with Crippen LogP contribution in [0.5, 0.6) is 0 Å². The molecule has 0 radical (unpaired) electrons. The van der Waals surface area contributed by atoms with Crippen molar-refractivity contribution >= 4 is 12.0 Å². The van der Waals surface area contributed by atoms with Gasteiger partial charge >= 0.3 is 6.09 Å². The van der Waals surface area contributed by atoms with Gasteiger partial charge in [-0.25, -0.2) is 4.79 Å². The van der Waals surface area contributed by atoms with Gasteiger partial charge in [0.05, 0.1) is 12.6 Å². The summed E-state index contributed by atoms with van der Waals surface area (Å²) < 4.78 is 9.97. The van der Waals surface area contributed by atoms with Crippen molar-refractivity contribution in [3.63, 3.8) is 0 Å². The van der Waals surface area contributed by atoms with Gasteiger partial charge in [0.2, 0.25) is 5.91 Å². The number of methoxy groups -OCH3 is 1. The molecule has 0 fully saturated rings. The minimum Gasteiger partial charge on any atom is -0.444 e. The van der Waals surface area contributed by atoms with Gasteiger partial charge in [-0.05, 0) is 40.7 Å². The summed E-state index contributed by atoms with van der Waals surface area (Å²) in [5.74, 6) is -0.0628. The Morgan fingerprint density at radius 3 is 2.33 bits per heavy atom. The van der Waals surface area contributed by atoms with Gasteiger partial charge in [0.15, 0.2) is 0 Å². The van der Waals surface area contributed by atoms with Crippen LogP contribution in [0.2, 0.25) is 0 Å². The molecule has 2 amide bonds. The van der Waals surface area contributed by atoms with Gasteiger partial charge in [0.25, 0.3) is 0 Å². The first kappa shape index (κ1) is 19.7. The van der Waals surface area contributed by atoms with Crippen molar-refractivity contribution in [3.05, 3.63) is 0 Å².